The first-order valence-corrected chi connectivity index (χ1v) is 7.37. The highest BCUT2D eigenvalue weighted by Gasteiger charge is 2.31. The summed E-state index contributed by atoms with van der Waals surface area (Å²) in [6.45, 7) is 6.85. The molecule has 2 rings (SSSR count). The highest BCUT2D eigenvalue weighted by molar-refractivity contribution is 5.20. The molecule has 0 spiro atoms. The van der Waals surface area contributed by atoms with Gasteiger partial charge in [-0.25, -0.2) is 0 Å². The van der Waals surface area contributed by atoms with Gasteiger partial charge in [-0.2, -0.15) is 8.78 Å². The van der Waals surface area contributed by atoms with Crippen LogP contribution in [0.4, 0.5) is 8.78 Å². The van der Waals surface area contributed by atoms with Gasteiger partial charge >= 0.3 is 0 Å². The van der Waals surface area contributed by atoms with E-state index >= 15 is 0 Å². The zero-order valence-corrected chi connectivity index (χ0v) is 12.3. The van der Waals surface area contributed by atoms with Crippen LogP contribution in [0, 0.1) is 5.92 Å². The number of likely N-dealkylation sites (tertiary alicyclic amines) is 1. The third kappa shape index (κ3) is 4.00. The van der Waals surface area contributed by atoms with Crippen molar-refractivity contribution in [2.24, 2.45) is 5.92 Å². The van der Waals surface area contributed by atoms with Crippen LogP contribution in [0.25, 0.3) is 0 Å². The average molecular weight is 282 g/mol. The second-order valence-electron chi connectivity index (χ2n) is 5.94. The first kappa shape index (κ1) is 15.4. The predicted octanol–water partition coefficient (Wildman–Crippen LogP) is 3.10. The molecule has 4 heteroatoms. The molecule has 1 N–H and O–H groups in total. The molecule has 2 nitrogen and oxygen atoms in total. The molecule has 20 heavy (non-hydrogen) atoms. The van der Waals surface area contributed by atoms with E-state index in [1.165, 1.54) is 12.1 Å². The minimum atomic E-state index is -2.79. The molecule has 112 valence electrons. The zero-order chi connectivity index (χ0) is 14.6. The van der Waals surface area contributed by atoms with Crippen LogP contribution in [-0.4, -0.2) is 37.1 Å². The maximum Gasteiger partial charge on any atom is 0.285 e. The monoisotopic (exact) mass is 282 g/mol. The summed E-state index contributed by atoms with van der Waals surface area (Å²) >= 11 is 0. The Labute approximate surface area is 120 Å². The van der Waals surface area contributed by atoms with E-state index in [9.17, 15) is 8.78 Å². The fourth-order valence-corrected chi connectivity index (χ4v) is 2.72. The lowest BCUT2D eigenvalue weighted by Gasteiger charge is -2.21. The lowest BCUT2D eigenvalue weighted by atomic mass is 10.1. The van der Waals surface area contributed by atoms with Crippen LogP contribution in [0.1, 0.15) is 25.8 Å². The van der Waals surface area contributed by atoms with Crippen molar-refractivity contribution in [1.29, 1.82) is 0 Å². The van der Waals surface area contributed by atoms with Crippen molar-refractivity contribution in [3.63, 3.8) is 0 Å². The van der Waals surface area contributed by atoms with Crippen LogP contribution < -0.4 is 5.32 Å². The van der Waals surface area contributed by atoms with Crippen molar-refractivity contribution in [2.75, 3.05) is 26.2 Å². The minimum Gasteiger partial charge on any atom is -0.311 e. The molecule has 0 aromatic heterocycles. The van der Waals surface area contributed by atoms with E-state index in [1.54, 1.807) is 18.2 Å². The summed E-state index contributed by atoms with van der Waals surface area (Å²) in [5, 5.41) is 2.95. The van der Waals surface area contributed by atoms with E-state index in [1.807, 2.05) is 0 Å². The summed E-state index contributed by atoms with van der Waals surface area (Å²) in [4.78, 5) is 2.40. The van der Waals surface area contributed by atoms with Crippen LogP contribution in [-0.2, 0) is 5.92 Å². The van der Waals surface area contributed by atoms with Crippen molar-refractivity contribution in [1.82, 2.24) is 10.2 Å². The van der Waals surface area contributed by atoms with E-state index in [4.69, 9.17) is 0 Å². The zero-order valence-electron chi connectivity index (χ0n) is 12.3. The predicted molar refractivity (Wildman–Crippen MR) is 78.0 cm³/mol. The Kier molecular flexibility index (Phi) is 5.11. The topological polar surface area (TPSA) is 15.3 Å². The highest BCUT2D eigenvalue weighted by Crippen LogP contribution is 2.27. The number of rotatable bonds is 6. The Hall–Kier alpha value is -1.00. The number of hydrogen-bond acceptors (Lipinski definition) is 2. The molecule has 1 unspecified atom stereocenters. The molecule has 0 amide bonds. The molecule has 0 radical (unpaired) electrons. The number of halogens is 2. The third-order valence-electron chi connectivity index (χ3n) is 4.02. The molecule has 1 aromatic carbocycles. The molecule has 0 aliphatic carbocycles. The first-order valence-electron chi connectivity index (χ1n) is 7.37. The Bertz CT molecular complexity index is 406. The fourth-order valence-electron chi connectivity index (χ4n) is 2.72. The molecular formula is C16H24F2N2. The van der Waals surface area contributed by atoms with Crippen LogP contribution in [0.2, 0.25) is 0 Å². The molecular weight excluding hydrogens is 258 g/mol. The Morgan fingerprint density at radius 2 is 2.00 bits per heavy atom. The number of benzene rings is 1. The standard InChI is InChI=1S/C16H24F2N2/c1-13(2)20-9-8-14(11-20)10-19-12-16(17,18)15-6-4-3-5-7-15/h3-7,13-14,19H,8-12H2,1-2H3. The van der Waals surface area contributed by atoms with Gasteiger partial charge < -0.3 is 10.2 Å². The Morgan fingerprint density at radius 3 is 2.60 bits per heavy atom. The van der Waals surface area contributed by atoms with Gasteiger partial charge in [-0.15, -0.1) is 0 Å². The van der Waals surface area contributed by atoms with Crippen molar-refractivity contribution >= 4 is 0 Å². The normalized spacial score (nSPS) is 20.8. The van der Waals surface area contributed by atoms with Crippen LogP contribution in [0.5, 0.6) is 0 Å². The molecule has 1 aliphatic rings. The molecule has 0 bridgehead atoms. The Balaban J connectivity index is 1.76. The second-order valence-corrected chi connectivity index (χ2v) is 5.94. The molecule has 1 atom stereocenters. The summed E-state index contributed by atoms with van der Waals surface area (Å²) < 4.78 is 27.9. The van der Waals surface area contributed by atoms with Gasteiger partial charge in [-0.1, -0.05) is 30.3 Å². The molecule has 1 aliphatic heterocycles. The van der Waals surface area contributed by atoms with Crippen molar-refractivity contribution in [3.8, 4) is 0 Å². The number of nitrogens with one attached hydrogen (secondary N) is 1. The smallest absolute Gasteiger partial charge is 0.285 e. The van der Waals surface area contributed by atoms with Gasteiger partial charge in [0.25, 0.3) is 5.92 Å². The van der Waals surface area contributed by atoms with E-state index in [0.29, 0.717) is 18.5 Å². The largest absolute Gasteiger partial charge is 0.311 e. The van der Waals surface area contributed by atoms with E-state index < -0.39 is 5.92 Å². The highest BCUT2D eigenvalue weighted by atomic mass is 19.3. The first-order chi connectivity index (χ1) is 9.49. The van der Waals surface area contributed by atoms with Gasteiger partial charge in [0.15, 0.2) is 0 Å². The fraction of sp³-hybridized carbons (Fsp3) is 0.625. The second kappa shape index (κ2) is 6.64. The summed E-state index contributed by atoms with van der Waals surface area (Å²) in [5.74, 6) is -2.30. The molecule has 1 saturated heterocycles. The number of hydrogen-bond donors (Lipinski definition) is 1. The van der Waals surface area contributed by atoms with Gasteiger partial charge in [-0.3, -0.25) is 0 Å². The SMILES string of the molecule is CC(C)N1CCC(CNCC(F)(F)c2ccccc2)C1. The molecule has 1 aromatic rings. The van der Waals surface area contributed by atoms with Crippen molar-refractivity contribution in [3.05, 3.63) is 35.9 Å². The van der Waals surface area contributed by atoms with Crippen LogP contribution >= 0.6 is 0 Å². The van der Waals surface area contributed by atoms with Crippen molar-refractivity contribution < 1.29 is 8.78 Å². The average Bonchev–Trinajstić information content (AvgIpc) is 2.89. The summed E-state index contributed by atoms with van der Waals surface area (Å²) in [5.41, 5.74) is 0.0859. The summed E-state index contributed by atoms with van der Waals surface area (Å²) in [6, 6.07) is 8.58. The van der Waals surface area contributed by atoms with Crippen molar-refractivity contribution in [2.45, 2.75) is 32.2 Å². The van der Waals surface area contributed by atoms with Gasteiger partial charge in [0.05, 0.1) is 6.54 Å². The van der Waals surface area contributed by atoms with Gasteiger partial charge in [-0.05, 0) is 39.3 Å². The lowest BCUT2D eigenvalue weighted by molar-refractivity contribution is -0.00375. The Morgan fingerprint density at radius 1 is 1.30 bits per heavy atom. The summed E-state index contributed by atoms with van der Waals surface area (Å²) in [7, 11) is 0. The lowest BCUT2D eigenvalue weighted by Crippen LogP contribution is -2.35. The van der Waals surface area contributed by atoms with Crippen LogP contribution in [0.3, 0.4) is 0 Å². The minimum absolute atomic E-state index is 0.0859. The molecule has 0 saturated carbocycles. The van der Waals surface area contributed by atoms with E-state index in [0.717, 1.165) is 19.5 Å². The molecule has 1 fully saturated rings. The number of nitrogens with zero attached hydrogens (tertiary/aromatic N) is 1. The third-order valence-corrected chi connectivity index (χ3v) is 4.02. The van der Waals surface area contributed by atoms with E-state index in [-0.39, 0.29) is 12.1 Å². The van der Waals surface area contributed by atoms with Crippen LogP contribution in [0.15, 0.2) is 30.3 Å². The number of alkyl halides is 2. The quantitative estimate of drug-likeness (QED) is 0.862. The maximum atomic E-state index is 14.0. The van der Waals surface area contributed by atoms with Gasteiger partial charge in [0, 0.05) is 18.2 Å². The maximum absolute atomic E-state index is 14.0. The molecule has 1 heterocycles. The van der Waals surface area contributed by atoms with E-state index in [2.05, 4.69) is 24.1 Å². The summed E-state index contributed by atoms with van der Waals surface area (Å²) in [6.07, 6.45) is 1.10. The van der Waals surface area contributed by atoms with Gasteiger partial charge in [0.2, 0.25) is 0 Å². The van der Waals surface area contributed by atoms with Gasteiger partial charge in [0.1, 0.15) is 0 Å².